The molecule has 0 aliphatic rings. The normalized spacial score (nSPS) is 11.5. The Morgan fingerprint density at radius 2 is 2.11 bits per heavy atom. The van der Waals surface area contributed by atoms with Crippen molar-refractivity contribution in [3.8, 4) is 0 Å². The number of hydrogen-bond donors (Lipinski definition) is 1. The summed E-state index contributed by atoms with van der Waals surface area (Å²) in [5.41, 5.74) is 1.66. The van der Waals surface area contributed by atoms with Gasteiger partial charge in [0.05, 0.1) is 6.20 Å². The van der Waals surface area contributed by atoms with Gasteiger partial charge < -0.3 is 0 Å². The van der Waals surface area contributed by atoms with Gasteiger partial charge in [0.15, 0.2) is 0 Å². The maximum absolute atomic E-state index is 12.0. The van der Waals surface area contributed by atoms with Crippen molar-refractivity contribution in [3.05, 3.63) is 39.7 Å². The van der Waals surface area contributed by atoms with Gasteiger partial charge >= 0.3 is 0 Å². The lowest BCUT2D eigenvalue weighted by molar-refractivity contribution is 0.601. The van der Waals surface area contributed by atoms with Gasteiger partial charge in [-0.2, -0.15) is 5.10 Å². The van der Waals surface area contributed by atoms with Gasteiger partial charge in [-0.25, -0.2) is 8.42 Å². The second-order valence-corrected chi connectivity index (χ2v) is 6.76. The highest BCUT2D eigenvalue weighted by atomic mass is 127. The maximum atomic E-state index is 12.0. The SMILES string of the molecule is Cc1ccc(NS(=O)(=O)c2cnn(C)c2)cc1I. The Hall–Kier alpha value is -1.09. The fraction of sp³-hybridized carbons (Fsp3) is 0.182. The van der Waals surface area contributed by atoms with Gasteiger partial charge in [-0.3, -0.25) is 9.40 Å². The Morgan fingerprint density at radius 1 is 1.39 bits per heavy atom. The Kier molecular flexibility index (Phi) is 3.62. The summed E-state index contributed by atoms with van der Waals surface area (Å²) in [6, 6.07) is 5.41. The first kappa shape index (κ1) is 13.3. The monoisotopic (exact) mass is 377 g/mol. The Bertz CT molecular complexity index is 679. The highest BCUT2D eigenvalue weighted by molar-refractivity contribution is 14.1. The van der Waals surface area contributed by atoms with Gasteiger partial charge in [-0.1, -0.05) is 6.07 Å². The van der Waals surface area contributed by atoms with E-state index >= 15 is 0 Å². The van der Waals surface area contributed by atoms with Gasteiger partial charge in [-0.05, 0) is 47.2 Å². The summed E-state index contributed by atoms with van der Waals surface area (Å²) < 4.78 is 29.1. The average Bonchev–Trinajstić information content (AvgIpc) is 2.71. The summed E-state index contributed by atoms with van der Waals surface area (Å²) in [6.07, 6.45) is 2.78. The topological polar surface area (TPSA) is 64.0 Å². The van der Waals surface area contributed by atoms with Crippen molar-refractivity contribution in [1.82, 2.24) is 9.78 Å². The molecule has 1 aromatic heterocycles. The molecular formula is C11H12IN3O2S. The zero-order valence-corrected chi connectivity index (χ0v) is 12.9. The third-order valence-electron chi connectivity index (χ3n) is 2.42. The fourth-order valence-electron chi connectivity index (χ4n) is 1.41. The van der Waals surface area contributed by atoms with Crippen LogP contribution in [0, 0.1) is 10.5 Å². The van der Waals surface area contributed by atoms with Crippen molar-refractivity contribution in [3.63, 3.8) is 0 Å². The van der Waals surface area contributed by atoms with Crippen molar-refractivity contribution < 1.29 is 8.42 Å². The molecule has 0 saturated carbocycles. The van der Waals surface area contributed by atoms with E-state index in [9.17, 15) is 8.42 Å². The number of hydrogen-bond acceptors (Lipinski definition) is 3. The molecule has 0 amide bonds. The summed E-state index contributed by atoms with van der Waals surface area (Å²) in [5.74, 6) is 0. The van der Waals surface area contributed by atoms with E-state index in [2.05, 4.69) is 32.4 Å². The lowest BCUT2D eigenvalue weighted by Crippen LogP contribution is -2.12. The second-order valence-electron chi connectivity index (χ2n) is 3.92. The maximum Gasteiger partial charge on any atom is 0.265 e. The van der Waals surface area contributed by atoms with E-state index in [4.69, 9.17) is 0 Å². The van der Waals surface area contributed by atoms with E-state index in [0.717, 1.165) is 9.13 Å². The molecule has 18 heavy (non-hydrogen) atoms. The second kappa shape index (κ2) is 4.88. The summed E-state index contributed by atoms with van der Waals surface area (Å²) in [6.45, 7) is 1.97. The smallest absolute Gasteiger partial charge is 0.265 e. The standard InChI is InChI=1S/C11H12IN3O2S/c1-8-3-4-9(5-11(8)12)14-18(16,17)10-6-13-15(2)7-10/h3-7,14H,1-2H3. The molecule has 1 aromatic carbocycles. The minimum Gasteiger partial charge on any atom is -0.279 e. The lowest BCUT2D eigenvalue weighted by Gasteiger charge is -2.07. The van der Waals surface area contributed by atoms with Crippen LogP contribution in [0.25, 0.3) is 0 Å². The number of aryl methyl sites for hydroxylation is 2. The van der Waals surface area contributed by atoms with Crippen LogP contribution in [0.5, 0.6) is 0 Å². The number of aromatic nitrogens is 2. The largest absolute Gasteiger partial charge is 0.279 e. The van der Waals surface area contributed by atoms with Crippen molar-refractivity contribution in [2.45, 2.75) is 11.8 Å². The minimum absolute atomic E-state index is 0.153. The molecule has 96 valence electrons. The molecular weight excluding hydrogens is 365 g/mol. The van der Waals surface area contributed by atoms with Crippen molar-refractivity contribution >= 4 is 38.3 Å². The van der Waals surface area contributed by atoms with Crippen molar-refractivity contribution in [2.75, 3.05) is 4.72 Å². The van der Waals surface area contributed by atoms with Gasteiger partial charge in [0.2, 0.25) is 0 Å². The number of benzene rings is 1. The molecule has 0 aliphatic carbocycles. The molecule has 0 spiro atoms. The predicted octanol–water partition coefficient (Wildman–Crippen LogP) is 2.13. The average molecular weight is 377 g/mol. The van der Waals surface area contributed by atoms with Crippen LogP contribution in [0.15, 0.2) is 35.5 Å². The van der Waals surface area contributed by atoms with Gasteiger partial charge in [0.1, 0.15) is 4.90 Å². The van der Waals surface area contributed by atoms with Crippen LogP contribution in [0.3, 0.4) is 0 Å². The van der Waals surface area contributed by atoms with Crippen LogP contribution in [-0.4, -0.2) is 18.2 Å². The molecule has 0 aliphatic heterocycles. The molecule has 2 rings (SSSR count). The van der Waals surface area contributed by atoms with E-state index in [0.29, 0.717) is 5.69 Å². The zero-order chi connectivity index (χ0) is 13.3. The molecule has 0 bridgehead atoms. The number of halogens is 1. The predicted molar refractivity (Wildman–Crippen MR) is 77.9 cm³/mol. The van der Waals surface area contributed by atoms with Crippen molar-refractivity contribution in [1.29, 1.82) is 0 Å². The van der Waals surface area contributed by atoms with Crippen LogP contribution in [0.1, 0.15) is 5.56 Å². The molecule has 0 saturated heterocycles. The highest BCUT2D eigenvalue weighted by Gasteiger charge is 2.16. The molecule has 1 heterocycles. The first-order valence-electron chi connectivity index (χ1n) is 5.16. The summed E-state index contributed by atoms with van der Waals surface area (Å²) in [5, 5.41) is 3.85. The van der Waals surface area contributed by atoms with Crippen LogP contribution in [0.4, 0.5) is 5.69 Å². The van der Waals surface area contributed by atoms with E-state index in [1.165, 1.54) is 17.1 Å². The van der Waals surface area contributed by atoms with Crippen molar-refractivity contribution in [2.24, 2.45) is 7.05 Å². The number of anilines is 1. The van der Waals surface area contributed by atoms with Gasteiger partial charge in [0, 0.05) is 22.5 Å². The number of sulfonamides is 1. The van der Waals surface area contributed by atoms with E-state index in [1.54, 1.807) is 19.2 Å². The first-order valence-corrected chi connectivity index (χ1v) is 7.72. The van der Waals surface area contributed by atoms with Crippen LogP contribution in [0.2, 0.25) is 0 Å². The number of rotatable bonds is 3. The van der Waals surface area contributed by atoms with Crippen LogP contribution < -0.4 is 4.72 Å². The quantitative estimate of drug-likeness (QED) is 0.834. The fourth-order valence-corrected chi connectivity index (χ4v) is 2.96. The summed E-state index contributed by atoms with van der Waals surface area (Å²) >= 11 is 2.17. The molecule has 7 heteroatoms. The van der Waals surface area contributed by atoms with E-state index < -0.39 is 10.0 Å². The van der Waals surface area contributed by atoms with Crippen LogP contribution in [-0.2, 0) is 17.1 Å². The third kappa shape index (κ3) is 2.83. The number of nitrogens with zero attached hydrogens (tertiary/aromatic N) is 2. The lowest BCUT2D eigenvalue weighted by atomic mass is 10.2. The Balaban J connectivity index is 2.30. The van der Waals surface area contributed by atoms with Gasteiger partial charge in [-0.15, -0.1) is 0 Å². The molecule has 5 nitrogen and oxygen atoms in total. The summed E-state index contributed by atoms with van der Waals surface area (Å²) in [7, 11) is -1.88. The zero-order valence-electron chi connectivity index (χ0n) is 9.88. The van der Waals surface area contributed by atoms with E-state index in [1.807, 2.05) is 13.0 Å². The Labute approximate surface area is 119 Å². The summed E-state index contributed by atoms with van der Waals surface area (Å²) in [4.78, 5) is 0.153. The van der Waals surface area contributed by atoms with Crippen LogP contribution >= 0.6 is 22.6 Å². The third-order valence-corrected chi connectivity index (χ3v) is 4.91. The highest BCUT2D eigenvalue weighted by Crippen LogP contribution is 2.20. The molecule has 2 aromatic rings. The molecule has 0 fully saturated rings. The number of nitrogens with one attached hydrogen (secondary N) is 1. The molecule has 0 unspecified atom stereocenters. The molecule has 0 radical (unpaired) electrons. The van der Waals surface area contributed by atoms with E-state index in [-0.39, 0.29) is 4.90 Å². The minimum atomic E-state index is -3.56. The Morgan fingerprint density at radius 3 is 2.67 bits per heavy atom. The molecule has 0 atom stereocenters. The first-order chi connectivity index (χ1) is 8.38. The van der Waals surface area contributed by atoms with Gasteiger partial charge in [0.25, 0.3) is 10.0 Å². The molecule has 1 N–H and O–H groups in total.